The highest BCUT2D eigenvalue weighted by Crippen LogP contribution is 2.11. The molecule has 0 unspecified atom stereocenters. The number of aryl methyl sites for hydroxylation is 1. The van der Waals surface area contributed by atoms with Gasteiger partial charge in [0.25, 0.3) is 0 Å². The maximum atomic E-state index is 12.5. The molecule has 0 aromatic carbocycles. The monoisotopic (exact) mass is 160 g/mol. The number of rotatable bonds is 3. The number of aromatic nitrogens is 2. The number of hydrogen-bond acceptors (Lipinski definition) is 3. The van der Waals surface area contributed by atoms with Crippen molar-refractivity contribution in [2.45, 2.75) is 26.2 Å². The minimum atomic E-state index is -0.390. The van der Waals surface area contributed by atoms with Crippen molar-refractivity contribution in [3.8, 4) is 0 Å². The summed E-state index contributed by atoms with van der Waals surface area (Å²) in [5.41, 5.74) is 0. The van der Waals surface area contributed by atoms with Gasteiger partial charge in [-0.25, -0.2) is 0 Å². The number of hydrogen-bond donors (Lipinski definition) is 0. The molecule has 0 bridgehead atoms. The fourth-order valence-corrected chi connectivity index (χ4v) is 1.25. The molecule has 0 radical (unpaired) electrons. The third-order valence-corrected chi connectivity index (χ3v) is 2.02. The Hall–Kier alpha value is -0.510. The van der Waals surface area contributed by atoms with Crippen LogP contribution in [0.15, 0.2) is 0 Å². The van der Waals surface area contributed by atoms with E-state index in [9.17, 15) is 4.39 Å². The van der Waals surface area contributed by atoms with Crippen molar-refractivity contribution in [2.24, 2.45) is 0 Å². The van der Waals surface area contributed by atoms with Crippen LogP contribution >= 0.6 is 11.5 Å². The summed E-state index contributed by atoms with van der Waals surface area (Å²) in [5, 5.41) is 3.27. The van der Waals surface area contributed by atoms with Crippen molar-refractivity contribution >= 4 is 11.5 Å². The van der Waals surface area contributed by atoms with Crippen molar-refractivity contribution in [3.63, 3.8) is 0 Å². The summed E-state index contributed by atoms with van der Waals surface area (Å²) in [6, 6.07) is 0. The third-order valence-electron chi connectivity index (χ3n) is 1.27. The topological polar surface area (TPSA) is 25.8 Å². The van der Waals surface area contributed by atoms with E-state index in [1.165, 1.54) is 0 Å². The van der Waals surface area contributed by atoms with E-state index in [4.69, 9.17) is 0 Å². The van der Waals surface area contributed by atoms with Crippen molar-refractivity contribution in [1.82, 2.24) is 9.59 Å². The average molecular weight is 160 g/mol. The van der Waals surface area contributed by atoms with Crippen molar-refractivity contribution < 1.29 is 4.39 Å². The van der Waals surface area contributed by atoms with E-state index in [2.05, 4.69) is 16.5 Å². The molecule has 0 aliphatic rings. The fourth-order valence-electron chi connectivity index (χ4n) is 0.685. The highest BCUT2D eigenvalue weighted by Gasteiger charge is 2.04. The molecule has 0 saturated carbocycles. The normalized spacial score (nSPS) is 10.2. The first kappa shape index (κ1) is 7.60. The molecule has 0 aliphatic carbocycles. The Balaban J connectivity index is 2.49. The average Bonchev–Trinajstić information content (AvgIpc) is 2.31. The standard InChI is InChI=1S/C6H9FN2S/c1-2-3-4-5-6(7)8-9-10-5/h2-4H2,1H3. The summed E-state index contributed by atoms with van der Waals surface area (Å²) in [6.07, 6.45) is 2.87. The SMILES string of the molecule is CCCCc1snnc1F. The van der Waals surface area contributed by atoms with Crippen LogP contribution in [0.2, 0.25) is 0 Å². The quantitative estimate of drug-likeness (QED) is 0.676. The first-order valence-electron chi connectivity index (χ1n) is 3.31. The second-order valence-corrected chi connectivity index (χ2v) is 2.93. The van der Waals surface area contributed by atoms with E-state index in [1.54, 1.807) is 0 Å². The predicted octanol–water partition coefficient (Wildman–Crippen LogP) is 2.02. The molecule has 0 spiro atoms. The molecule has 1 aromatic rings. The minimum Gasteiger partial charge on any atom is -0.182 e. The molecule has 10 heavy (non-hydrogen) atoms. The van der Waals surface area contributed by atoms with Crippen LogP contribution in [-0.4, -0.2) is 9.59 Å². The van der Waals surface area contributed by atoms with Crippen LogP contribution in [0, 0.1) is 5.95 Å². The van der Waals surface area contributed by atoms with Gasteiger partial charge in [0.15, 0.2) is 0 Å². The summed E-state index contributed by atoms with van der Waals surface area (Å²) in [4.78, 5) is 0.682. The molecule has 0 amide bonds. The molecule has 1 rings (SSSR count). The van der Waals surface area contributed by atoms with E-state index in [1.807, 2.05) is 0 Å². The van der Waals surface area contributed by atoms with Gasteiger partial charge >= 0.3 is 0 Å². The summed E-state index contributed by atoms with van der Waals surface area (Å²) in [6.45, 7) is 2.08. The summed E-state index contributed by atoms with van der Waals surface area (Å²) >= 11 is 1.15. The largest absolute Gasteiger partial charge is 0.248 e. The Morgan fingerprint density at radius 2 is 2.40 bits per heavy atom. The van der Waals surface area contributed by atoms with E-state index in [0.29, 0.717) is 4.88 Å². The Bertz CT molecular complexity index is 199. The maximum absolute atomic E-state index is 12.5. The van der Waals surface area contributed by atoms with Crippen LogP contribution in [0.25, 0.3) is 0 Å². The van der Waals surface area contributed by atoms with Gasteiger partial charge < -0.3 is 0 Å². The van der Waals surface area contributed by atoms with Gasteiger partial charge in [-0.05, 0) is 24.4 Å². The Morgan fingerprint density at radius 1 is 1.60 bits per heavy atom. The van der Waals surface area contributed by atoms with E-state index < -0.39 is 5.95 Å². The number of nitrogens with zero attached hydrogens (tertiary/aromatic N) is 2. The van der Waals surface area contributed by atoms with Crippen molar-refractivity contribution in [2.75, 3.05) is 0 Å². The Labute approximate surface area is 63.2 Å². The van der Waals surface area contributed by atoms with Crippen LogP contribution in [0.4, 0.5) is 4.39 Å². The molecule has 0 N–H and O–H groups in total. The van der Waals surface area contributed by atoms with Gasteiger partial charge in [-0.2, -0.15) is 4.39 Å². The molecular weight excluding hydrogens is 151 g/mol. The van der Waals surface area contributed by atoms with Gasteiger partial charge in [0.05, 0.1) is 4.88 Å². The lowest BCUT2D eigenvalue weighted by Gasteiger charge is -1.89. The molecule has 0 aliphatic heterocycles. The number of halogens is 1. The van der Waals surface area contributed by atoms with Gasteiger partial charge in [-0.3, -0.25) is 0 Å². The highest BCUT2D eigenvalue weighted by molar-refractivity contribution is 7.05. The zero-order valence-corrected chi connectivity index (χ0v) is 6.62. The molecule has 56 valence electrons. The second kappa shape index (κ2) is 3.61. The van der Waals surface area contributed by atoms with Gasteiger partial charge in [-0.1, -0.05) is 17.8 Å². The molecule has 0 saturated heterocycles. The lowest BCUT2D eigenvalue weighted by Crippen LogP contribution is -1.84. The smallest absolute Gasteiger partial charge is 0.182 e. The third kappa shape index (κ3) is 1.73. The lowest BCUT2D eigenvalue weighted by atomic mass is 10.2. The summed E-state index contributed by atoms with van der Waals surface area (Å²) in [7, 11) is 0. The maximum Gasteiger partial charge on any atom is 0.248 e. The lowest BCUT2D eigenvalue weighted by molar-refractivity contribution is 0.562. The number of unbranched alkanes of at least 4 members (excludes halogenated alkanes) is 1. The van der Waals surface area contributed by atoms with E-state index in [0.717, 1.165) is 30.8 Å². The van der Waals surface area contributed by atoms with Crippen molar-refractivity contribution in [1.29, 1.82) is 0 Å². The first-order chi connectivity index (χ1) is 4.84. The zero-order chi connectivity index (χ0) is 7.40. The van der Waals surface area contributed by atoms with Gasteiger partial charge in [-0.15, -0.1) is 5.10 Å². The molecule has 1 aromatic heterocycles. The Kier molecular flexibility index (Phi) is 2.74. The van der Waals surface area contributed by atoms with Crippen molar-refractivity contribution in [3.05, 3.63) is 10.8 Å². The molecular formula is C6H9FN2S. The van der Waals surface area contributed by atoms with Gasteiger partial charge in [0.1, 0.15) is 0 Å². The van der Waals surface area contributed by atoms with E-state index >= 15 is 0 Å². The zero-order valence-electron chi connectivity index (χ0n) is 5.80. The highest BCUT2D eigenvalue weighted by atomic mass is 32.1. The second-order valence-electron chi connectivity index (χ2n) is 2.09. The minimum absolute atomic E-state index is 0.390. The van der Waals surface area contributed by atoms with E-state index in [-0.39, 0.29) is 0 Å². The van der Waals surface area contributed by atoms with Crippen LogP contribution in [-0.2, 0) is 6.42 Å². The summed E-state index contributed by atoms with van der Waals surface area (Å²) in [5.74, 6) is -0.390. The van der Waals surface area contributed by atoms with Gasteiger partial charge in [0, 0.05) is 0 Å². The summed E-state index contributed by atoms with van der Waals surface area (Å²) < 4.78 is 16.0. The molecule has 1 heterocycles. The fraction of sp³-hybridized carbons (Fsp3) is 0.667. The Morgan fingerprint density at radius 3 is 2.90 bits per heavy atom. The molecule has 0 atom stereocenters. The predicted molar refractivity (Wildman–Crippen MR) is 38.5 cm³/mol. The van der Waals surface area contributed by atoms with Crippen LogP contribution in [0.5, 0.6) is 0 Å². The van der Waals surface area contributed by atoms with Crippen LogP contribution in [0.3, 0.4) is 0 Å². The van der Waals surface area contributed by atoms with Gasteiger partial charge in [0.2, 0.25) is 5.95 Å². The first-order valence-corrected chi connectivity index (χ1v) is 4.08. The molecule has 2 nitrogen and oxygen atoms in total. The molecule has 4 heteroatoms. The van der Waals surface area contributed by atoms with Crippen LogP contribution in [0.1, 0.15) is 24.6 Å². The van der Waals surface area contributed by atoms with Crippen LogP contribution < -0.4 is 0 Å². The molecule has 0 fully saturated rings.